The van der Waals surface area contributed by atoms with Crippen LogP contribution in [-0.2, 0) is 32.7 Å². The van der Waals surface area contributed by atoms with E-state index in [-0.39, 0.29) is 25.2 Å². The van der Waals surface area contributed by atoms with E-state index in [1.54, 1.807) is 20.1 Å². The molecule has 3 heterocycles. The summed E-state index contributed by atoms with van der Waals surface area (Å²) >= 11 is 0. The minimum Gasteiger partial charge on any atom is -0.493 e. The van der Waals surface area contributed by atoms with Gasteiger partial charge in [0.15, 0.2) is 11.5 Å². The summed E-state index contributed by atoms with van der Waals surface area (Å²) in [6.07, 6.45) is 1.81. The molecule has 180 valence electrons. The fourth-order valence-corrected chi connectivity index (χ4v) is 5.73. The topological polar surface area (TPSA) is 46.9 Å². The van der Waals surface area contributed by atoms with Crippen LogP contribution in [0.1, 0.15) is 39.6 Å². The molecular weight excluding hydrogens is 443 g/mol. The van der Waals surface area contributed by atoms with Gasteiger partial charge in [-0.1, -0.05) is 30.3 Å². The van der Waals surface area contributed by atoms with E-state index in [1.807, 2.05) is 16.7 Å². The van der Waals surface area contributed by atoms with E-state index in [1.165, 1.54) is 33.8 Å². The van der Waals surface area contributed by atoms with Gasteiger partial charge in [-0.2, -0.15) is 0 Å². The molecule has 6 rings (SSSR count). The van der Waals surface area contributed by atoms with Gasteiger partial charge in [-0.05, 0) is 71.8 Å². The number of hydrogen-bond donors (Lipinski definition) is 1. The Labute approximate surface area is 204 Å². The van der Waals surface area contributed by atoms with Gasteiger partial charge in [0, 0.05) is 30.2 Å². The van der Waals surface area contributed by atoms with Crippen LogP contribution in [0.2, 0.25) is 0 Å². The first-order valence-electron chi connectivity index (χ1n) is 12.1. The summed E-state index contributed by atoms with van der Waals surface area (Å²) < 4.78 is 27.9. The number of benzene rings is 3. The maximum Gasteiger partial charge on any atom is 0.162 e. The van der Waals surface area contributed by atoms with Crippen molar-refractivity contribution in [2.24, 2.45) is 0 Å². The summed E-state index contributed by atoms with van der Waals surface area (Å²) in [6.45, 7) is 3.77. The zero-order chi connectivity index (χ0) is 24.1. The summed E-state index contributed by atoms with van der Waals surface area (Å²) in [5.74, 6) is 1.16. The molecule has 3 aromatic carbocycles. The van der Waals surface area contributed by atoms with Crippen molar-refractivity contribution in [1.82, 2.24) is 9.47 Å². The highest BCUT2D eigenvalue weighted by Gasteiger charge is 2.35. The van der Waals surface area contributed by atoms with Gasteiger partial charge < -0.3 is 19.1 Å². The molecule has 1 atom stereocenters. The highest BCUT2D eigenvalue weighted by Crippen LogP contribution is 2.44. The summed E-state index contributed by atoms with van der Waals surface area (Å²) in [5, 5.41) is 11.3. The van der Waals surface area contributed by atoms with Crippen LogP contribution in [-0.4, -0.2) is 28.2 Å². The maximum atomic E-state index is 14.0. The van der Waals surface area contributed by atoms with Crippen molar-refractivity contribution in [1.29, 1.82) is 0 Å². The van der Waals surface area contributed by atoms with E-state index >= 15 is 0 Å². The van der Waals surface area contributed by atoms with E-state index in [9.17, 15) is 9.50 Å². The molecule has 0 aliphatic carbocycles. The number of aromatic nitrogens is 1. The van der Waals surface area contributed by atoms with Crippen molar-refractivity contribution in [3.05, 3.63) is 93.9 Å². The highest BCUT2D eigenvalue weighted by molar-refractivity contribution is 5.86. The zero-order valence-corrected chi connectivity index (χ0v) is 20.1. The monoisotopic (exact) mass is 472 g/mol. The lowest BCUT2D eigenvalue weighted by atomic mass is 9.85. The Balaban J connectivity index is 1.36. The van der Waals surface area contributed by atoms with Crippen LogP contribution >= 0.6 is 0 Å². The number of rotatable bonds is 5. The van der Waals surface area contributed by atoms with Crippen LogP contribution in [0.5, 0.6) is 11.5 Å². The van der Waals surface area contributed by atoms with Gasteiger partial charge in [0.05, 0.1) is 12.6 Å². The fourth-order valence-electron chi connectivity index (χ4n) is 5.73. The summed E-state index contributed by atoms with van der Waals surface area (Å²) in [5.41, 5.74) is 7.56. The maximum absolute atomic E-state index is 14.0. The fraction of sp³-hybridized carbons (Fsp3) is 0.310. The second-order valence-electron chi connectivity index (χ2n) is 9.53. The number of aliphatic hydroxyl groups excluding tert-OH is 1. The molecule has 2 aliphatic heterocycles. The quantitative estimate of drug-likeness (QED) is 0.429. The molecule has 0 radical (unpaired) electrons. The van der Waals surface area contributed by atoms with E-state index < -0.39 is 0 Å². The van der Waals surface area contributed by atoms with Crippen LogP contribution in [0.25, 0.3) is 10.9 Å². The predicted molar refractivity (Wildman–Crippen MR) is 133 cm³/mol. The van der Waals surface area contributed by atoms with Crippen molar-refractivity contribution in [3.8, 4) is 11.5 Å². The average molecular weight is 473 g/mol. The standard InChI is InChI=1S/C29H29FN2O3/c1-18-7-8-19(11-24(18)30)16-35-29-14-22-20(12-28(29)34-2)9-10-31-15-27-23(13-26(22)31)21-5-3-4-6-25(21)32(27)17-33/h3-8,11-12,14,26,33H,9-10,13,15-17H2,1-2H3. The number of aryl methyl sites for hydroxylation is 1. The number of fused-ring (bicyclic) bond motifs is 6. The molecule has 0 spiro atoms. The van der Waals surface area contributed by atoms with E-state index in [4.69, 9.17) is 9.47 Å². The molecule has 4 aromatic rings. The Kier molecular flexibility index (Phi) is 5.50. The van der Waals surface area contributed by atoms with Crippen molar-refractivity contribution in [2.75, 3.05) is 13.7 Å². The predicted octanol–water partition coefficient (Wildman–Crippen LogP) is 5.28. The lowest BCUT2D eigenvalue weighted by molar-refractivity contribution is 0.145. The third kappa shape index (κ3) is 3.68. The molecule has 2 aliphatic rings. The molecule has 1 aromatic heterocycles. The SMILES string of the molecule is COc1cc2c(cc1OCc1ccc(C)c(F)c1)C1Cc3c(n(CO)c4ccccc34)CN1CC2. The Hall–Kier alpha value is -3.35. The van der Waals surface area contributed by atoms with E-state index in [2.05, 4.69) is 35.2 Å². The van der Waals surface area contributed by atoms with Crippen LogP contribution in [0.4, 0.5) is 4.39 Å². The Morgan fingerprint density at radius 2 is 1.94 bits per heavy atom. The number of methoxy groups -OCH3 is 1. The van der Waals surface area contributed by atoms with Gasteiger partial charge in [-0.25, -0.2) is 4.39 Å². The van der Waals surface area contributed by atoms with Crippen molar-refractivity contribution in [3.63, 3.8) is 0 Å². The normalized spacial score (nSPS) is 17.1. The largest absolute Gasteiger partial charge is 0.493 e. The third-order valence-corrected chi connectivity index (χ3v) is 7.61. The smallest absolute Gasteiger partial charge is 0.162 e. The molecule has 35 heavy (non-hydrogen) atoms. The van der Waals surface area contributed by atoms with Crippen molar-refractivity contribution < 1.29 is 19.0 Å². The van der Waals surface area contributed by atoms with Crippen LogP contribution < -0.4 is 9.47 Å². The Morgan fingerprint density at radius 1 is 1.09 bits per heavy atom. The van der Waals surface area contributed by atoms with Gasteiger partial charge in [0.25, 0.3) is 0 Å². The lowest BCUT2D eigenvalue weighted by Gasteiger charge is -2.41. The first-order chi connectivity index (χ1) is 17.1. The van der Waals surface area contributed by atoms with Crippen LogP contribution in [0.15, 0.2) is 54.6 Å². The first kappa shape index (κ1) is 22.1. The first-order valence-corrected chi connectivity index (χ1v) is 12.1. The summed E-state index contributed by atoms with van der Waals surface area (Å²) in [4.78, 5) is 2.50. The van der Waals surface area contributed by atoms with Gasteiger partial charge in [-0.3, -0.25) is 4.90 Å². The minimum atomic E-state index is -0.223. The number of hydrogen-bond acceptors (Lipinski definition) is 4. The Bertz CT molecular complexity index is 1430. The van der Waals surface area contributed by atoms with Crippen LogP contribution in [0.3, 0.4) is 0 Å². The van der Waals surface area contributed by atoms with Crippen molar-refractivity contribution >= 4 is 10.9 Å². The van der Waals surface area contributed by atoms with Crippen molar-refractivity contribution in [2.45, 2.75) is 45.7 Å². The number of ether oxygens (including phenoxy) is 2. The number of nitrogens with zero attached hydrogens (tertiary/aromatic N) is 2. The number of para-hydroxylation sites is 1. The molecule has 0 saturated heterocycles. The minimum absolute atomic E-state index is 0.0142. The van der Waals surface area contributed by atoms with Gasteiger partial charge >= 0.3 is 0 Å². The molecule has 5 nitrogen and oxygen atoms in total. The van der Waals surface area contributed by atoms with E-state index in [0.29, 0.717) is 17.1 Å². The molecule has 6 heteroatoms. The van der Waals surface area contributed by atoms with Gasteiger partial charge in [0.2, 0.25) is 0 Å². The van der Waals surface area contributed by atoms with Crippen LogP contribution in [0, 0.1) is 12.7 Å². The molecule has 1 N–H and O–H groups in total. The van der Waals surface area contributed by atoms with E-state index in [0.717, 1.165) is 37.0 Å². The zero-order valence-electron chi connectivity index (χ0n) is 20.1. The van der Waals surface area contributed by atoms with Gasteiger partial charge in [0.1, 0.15) is 19.2 Å². The third-order valence-electron chi connectivity index (χ3n) is 7.61. The average Bonchev–Trinajstić information content (AvgIpc) is 3.20. The second kappa shape index (κ2) is 8.70. The molecule has 0 amide bonds. The molecule has 1 unspecified atom stereocenters. The molecular formula is C29H29FN2O3. The Morgan fingerprint density at radius 3 is 2.74 bits per heavy atom. The molecule has 0 fully saturated rings. The highest BCUT2D eigenvalue weighted by atomic mass is 19.1. The number of halogens is 1. The second-order valence-corrected chi connectivity index (χ2v) is 9.53. The van der Waals surface area contributed by atoms with Gasteiger partial charge in [-0.15, -0.1) is 0 Å². The number of aliphatic hydroxyl groups is 1. The lowest BCUT2D eigenvalue weighted by Crippen LogP contribution is -2.39. The summed E-state index contributed by atoms with van der Waals surface area (Å²) in [7, 11) is 1.66. The molecule has 0 bridgehead atoms. The molecule has 0 saturated carbocycles. The summed E-state index contributed by atoms with van der Waals surface area (Å²) in [6, 6.07) is 18.0.